The van der Waals surface area contributed by atoms with Crippen molar-refractivity contribution in [2.75, 3.05) is 39.9 Å². The van der Waals surface area contributed by atoms with Crippen LogP contribution in [0.2, 0.25) is 0 Å². The molecule has 5 nitrogen and oxygen atoms in total. The summed E-state index contributed by atoms with van der Waals surface area (Å²) in [5, 5.41) is 0. The first kappa shape index (κ1) is 8.40. The minimum atomic E-state index is -0.234. The highest BCUT2D eigenvalue weighted by atomic mass is 16.9. The van der Waals surface area contributed by atoms with Crippen LogP contribution in [0.25, 0.3) is 0 Å². The largest absolute Gasteiger partial charge is 0.379 e. The topological polar surface area (TPSA) is 40.2 Å². The van der Waals surface area contributed by atoms with E-state index in [0.717, 1.165) is 26.3 Å². The second-order valence-electron chi connectivity index (χ2n) is 2.73. The Bertz CT molecular complexity index is 115. The van der Waals surface area contributed by atoms with Gasteiger partial charge in [0.2, 0.25) is 6.41 Å². The predicted octanol–water partition coefficient (Wildman–Crippen LogP) is -0.419. The fourth-order valence-corrected chi connectivity index (χ4v) is 1.29. The summed E-state index contributed by atoms with van der Waals surface area (Å²) in [6.07, 6.45) is -0.234. The maximum atomic E-state index is 5.24. The van der Waals surface area contributed by atoms with E-state index in [9.17, 15) is 0 Å². The molecule has 0 amide bonds. The van der Waals surface area contributed by atoms with Crippen molar-refractivity contribution in [1.82, 2.24) is 4.90 Å². The Balaban J connectivity index is 1.80. The van der Waals surface area contributed by atoms with Crippen molar-refractivity contribution < 1.29 is 18.9 Å². The lowest BCUT2D eigenvalue weighted by molar-refractivity contribution is -0.347. The fraction of sp³-hybridized carbons (Fsp3) is 1.00. The molecule has 70 valence electrons. The average Bonchev–Trinajstić information content (AvgIpc) is 2.21. The fourth-order valence-electron chi connectivity index (χ4n) is 1.29. The Morgan fingerprint density at radius 2 is 1.58 bits per heavy atom. The maximum Gasteiger partial charge on any atom is 0.223 e. The zero-order chi connectivity index (χ0) is 8.23. The molecule has 0 N–H and O–H groups in total. The molecule has 0 bridgehead atoms. The van der Waals surface area contributed by atoms with Crippen LogP contribution in [0.15, 0.2) is 0 Å². The first-order valence-corrected chi connectivity index (χ1v) is 4.09. The molecule has 2 aliphatic rings. The second kappa shape index (κ2) is 4.15. The summed E-state index contributed by atoms with van der Waals surface area (Å²) in [4.78, 5) is 2.10. The molecular weight excluding hydrogens is 162 g/mol. The molecule has 0 saturated carbocycles. The minimum Gasteiger partial charge on any atom is -0.379 e. The highest BCUT2D eigenvalue weighted by Crippen LogP contribution is 2.10. The van der Waals surface area contributed by atoms with E-state index in [-0.39, 0.29) is 6.41 Å². The number of hydrogen-bond donors (Lipinski definition) is 0. The van der Waals surface area contributed by atoms with Gasteiger partial charge in [-0.05, 0) is 0 Å². The smallest absolute Gasteiger partial charge is 0.223 e. The van der Waals surface area contributed by atoms with E-state index in [2.05, 4.69) is 4.90 Å². The SMILES string of the molecule is C1CN(C2OCOCO2)CCO1. The van der Waals surface area contributed by atoms with E-state index < -0.39 is 0 Å². The molecule has 0 aromatic heterocycles. The van der Waals surface area contributed by atoms with Gasteiger partial charge in [0.05, 0.1) is 13.2 Å². The Kier molecular flexibility index (Phi) is 2.91. The number of morpholine rings is 1. The van der Waals surface area contributed by atoms with E-state index in [1.54, 1.807) is 0 Å². The van der Waals surface area contributed by atoms with Crippen LogP contribution in [0.3, 0.4) is 0 Å². The number of nitrogens with zero attached hydrogens (tertiary/aromatic N) is 1. The van der Waals surface area contributed by atoms with Crippen molar-refractivity contribution in [3.63, 3.8) is 0 Å². The van der Waals surface area contributed by atoms with Gasteiger partial charge in [-0.1, -0.05) is 0 Å². The molecule has 5 heteroatoms. The van der Waals surface area contributed by atoms with Gasteiger partial charge in [-0.2, -0.15) is 0 Å². The number of rotatable bonds is 1. The van der Waals surface area contributed by atoms with E-state index in [0.29, 0.717) is 13.6 Å². The van der Waals surface area contributed by atoms with Crippen LogP contribution < -0.4 is 0 Å². The van der Waals surface area contributed by atoms with Gasteiger partial charge in [-0.25, -0.2) is 0 Å². The molecule has 0 aromatic rings. The lowest BCUT2D eigenvalue weighted by Gasteiger charge is -2.35. The Morgan fingerprint density at radius 3 is 2.25 bits per heavy atom. The predicted molar refractivity (Wildman–Crippen MR) is 39.2 cm³/mol. The molecule has 0 spiro atoms. The lowest BCUT2D eigenvalue weighted by atomic mass is 10.4. The van der Waals surface area contributed by atoms with Gasteiger partial charge < -0.3 is 18.9 Å². The molecule has 0 unspecified atom stereocenters. The van der Waals surface area contributed by atoms with Crippen molar-refractivity contribution >= 4 is 0 Å². The third-order valence-electron chi connectivity index (χ3n) is 1.93. The van der Waals surface area contributed by atoms with Crippen LogP contribution in [0.4, 0.5) is 0 Å². The van der Waals surface area contributed by atoms with E-state index in [1.807, 2.05) is 0 Å². The van der Waals surface area contributed by atoms with Crippen molar-refractivity contribution in [2.24, 2.45) is 0 Å². The monoisotopic (exact) mass is 175 g/mol. The summed E-state index contributed by atoms with van der Waals surface area (Å²) in [7, 11) is 0. The van der Waals surface area contributed by atoms with Gasteiger partial charge in [0.15, 0.2) is 13.6 Å². The molecule has 0 radical (unpaired) electrons. The van der Waals surface area contributed by atoms with Crippen LogP contribution in [0, 0.1) is 0 Å². The lowest BCUT2D eigenvalue weighted by Crippen LogP contribution is -2.48. The third-order valence-corrected chi connectivity index (χ3v) is 1.93. The number of hydrogen-bond acceptors (Lipinski definition) is 5. The molecular formula is C7H13NO4. The van der Waals surface area contributed by atoms with Gasteiger partial charge in [-0.15, -0.1) is 0 Å². The van der Waals surface area contributed by atoms with Gasteiger partial charge in [0.1, 0.15) is 0 Å². The Morgan fingerprint density at radius 1 is 0.917 bits per heavy atom. The summed E-state index contributed by atoms with van der Waals surface area (Å²) in [6, 6.07) is 0. The van der Waals surface area contributed by atoms with Crippen LogP contribution >= 0.6 is 0 Å². The molecule has 2 aliphatic heterocycles. The Hall–Kier alpha value is -0.200. The molecule has 0 atom stereocenters. The van der Waals surface area contributed by atoms with Gasteiger partial charge >= 0.3 is 0 Å². The zero-order valence-corrected chi connectivity index (χ0v) is 6.90. The van der Waals surface area contributed by atoms with Crippen LogP contribution in [-0.4, -0.2) is 51.2 Å². The van der Waals surface area contributed by atoms with Crippen LogP contribution in [-0.2, 0) is 18.9 Å². The standard InChI is InChI=1S/C7H13NO4/c1-3-9-4-2-8(1)7-11-5-10-6-12-7/h7H,1-6H2. The van der Waals surface area contributed by atoms with Gasteiger partial charge in [-0.3, -0.25) is 4.90 Å². The molecule has 2 heterocycles. The Labute approximate surface area is 71.1 Å². The maximum absolute atomic E-state index is 5.24. The summed E-state index contributed by atoms with van der Waals surface area (Å²) in [6.45, 7) is 3.88. The van der Waals surface area contributed by atoms with Crippen LogP contribution in [0.1, 0.15) is 0 Å². The van der Waals surface area contributed by atoms with E-state index in [1.165, 1.54) is 0 Å². The zero-order valence-electron chi connectivity index (χ0n) is 6.90. The summed E-state index contributed by atoms with van der Waals surface area (Å²) in [5.41, 5.74) is 0. The van der Waals surface area contributed by atoms with Gasteiger partial charge in [0.25, 0.3) is 0 Å². The number of ether oxygens (including phenoxy) is 4. The normalized spacial score (nSPS) is 29.0. The molecule has 2 fully saturated rings. The van der Waals surface area contributed by atoms with E-state index >= 15 is 0 Å². The summed E-state index contributed by atoms with van der Waals surface area (Å²) in [5.74, 6) is 0. The molecule has 12 heavy (non-hydrogen) atoms. The summed E-state index contributed by atoms with van der Waals surface area (Å²) < 4.78 is 20.6. The first-order chi connectivity index (χ1) is 5.97. The second-order valence-corrected chi connectivity index (χ2v) is 2.73. The van der Waals surface area contributed by atoms with Gasteiger partial charge in [0, 0.05) is 13.1 Å². The average molecular weight is 175 g/mol. The highest BCUT2D eigenvalue weighted by Gasteiger charge is 2.24. The molecule has 2 saturated heterocycles. The van der Waals surface area contributed by atoms with Crippen molar-refractivity contribution in [1.29, 1.82) is 0 Å². The quantitative estimate of drug-likeness (QED) is 0.541. The van der Waals surface area contributed by atoms with Crippen molar-refractivity contribution in [3.05, 3.63) is 0 Å². The highest BCUT2D eigenvalue weighted by molar-refractivity contribution is 4.61. The van der Waals surface area contributed by atoms with Crippen molar-refractivity contribution in [3.8, 4) is 0 Å². The van der Waals surface area contributed by atoms with Crippen LogP contribution in [0.5, 0.6) is 0 Å². The molecule has 2 rings (SSSR count). The third kappa shape index (κ3) is 1.94. The summed E-state index contributed by atoms with van der Waals surface area (Å²) >= 11 is 0. The molecule has 0 aromatic carbocycles. The minimum absolute atomic E-state index is 0.234. The molecule has 0 aliphatic carbocycles. The van der Waals surface area contributed by atoms with E-state index in [4.69, 9.17) is 18.9 Å². The van der Waals surface area contributed by atoms with Crippen molar-refractivity contribution in [2.45, 2.75) is 6.41 Å². The first-order valence-electron chi connectivity index (χ1n) is 4.09.